The molecular weight excluding hydrogens is 881 g/mol. The molecule has 6 rings (SSSR count). The van der Waals surface area contributed by atoms with Gasteiger partial charge in [0.1, 0.15) is 26.4 Å². The van der Waals surface area contributed by atoms with Crippen molar-refractivity contribution in [3.8, 4) is 0 Å². The lowest BCUT2D eigenvalue weighted by Gasteiger charge is -2.09. The van der Waals surface area contributed by atoms with Crippen LogP contribution < -0.4 is 16.4 Å². The van der Waals surface area contributed by atoms with Gasteiger partial charge in [0.15, 0.2) is 0 Å². The molecule has 1 N–H and O–H groups in total. The topological polar surface area (TPSA) is 207 Å². The number of carbonyl (C=O) groups excluding carboxylic acids is 5. The van der Waals surface area contributed by atoms with E-state index in [4.69, 9.17) is 56.7 Å². The minimum atomic E-state index is -0.547. The van der Waals surface area contributed by atoms with Crippen LogP contribution in [-0.4, -0.2) is 134 Å². The van der Waals surface area contributed by atoms with E-state index < -0.39 is 38.1 Å². The highest BCUT2D eigenvalue weighted by Crippen LogP contribution is 2.15. The Labute approximate surface area is 398 Å². The van der Waals surface area contributed by atoms with Gasteiger partial charge in [-0.05, 0) is 87.6 Å². The van der Waals surface area contributed by atoms with E-state index in [1.807, 2.05) is 37.3 Å². The SMILES string of the molecule is C=C(C)C(=O)OCCCCC1COB(c2ccccc2)O1.C=C(C)C(=O)OCCOC(=O)c1ccc(B2OCC(C)O2)cc1.C=C(C)C(=O)OCCOC(=O)c1ccc(B2OCC(CO)O2)cc1. The minimum absolute atomic E-state index is 0.00282. The van der Waals surface area contributed by atoms with Crippen LogP contribution in [0.1, 0.15) is 67.7 Å². The highest BCUT2D eigenvalue weighted by molar-refractivity contribution is 6.62. The van der Waals surface area contributed by atoms with Crippen LogP contribution in [0.25, 0.3) is 0 Å². The number of ether oxygens (including phenoxy) is 5. The number of aliphatic hydroxyl groups is 1. The number of hydrogen-bond donors (Lipinski definition) is 1. The fraction of sp³-hybridized carbons (Fsp3) is 0.396. The zero-order valence-electron chi connectivity index (χ0n) is 39.1. The van der Waals surface area contributed by atoms with Gasteiger partial charge in [0.05, 0.1) is 62.5 Å². The molecule has 3 aromatic rings. The molecule has 0 aromatic heterocycles. The maximum atomic E-state index is 11.9. The quantitative estimate of drug-likeness (QED) is 0.0567. The molecule has 0 amide bonds. The normalized spacial score (nSPS) is 17.1. The first-order valence-corrected chi connectivity index (χ1v) is 22.1. The summed E-state index contributed by atoms with van der Waals surface area (Å²) >= 11 is 0. The van der Waals surface area contributed by atoms with Crippen molar-refractivity contribution in [2.75, 3.05) is 59.5 Å². The van der Waals surface area contributed by atoms with Gasteiger partial charge < -0.3 is 56.7 Å². The number of unbranched alkanes of at least 4 members (excludes halogenated alkanes) is 1. The van der Waals surface area contributed by atoms with E-state index in [1.54, 1.807) is 62.4 Å². The smallest absolute Gasteiger partial charge is 0.462 e. The first-order valence-electron chi connectivity index (χ1n) is 22.1. The Morgan fingerprint density at radius 2 is 0.926 bits per heavy atom. The monoisotopic (exact) mass is 940 g/mol. The maximum Gasteiger partial charge on any atom is 0.494 e. The van der Waals surface area contributed by atoms with Gasteiger partial charge in [-0.3, -0.25) is 0 Å². The predicted octanol–water partition coefficient (Wildman–Crippen LogP) is 3.25. The lowest BCUT2D eigenvalue weighted by molar-refractivity contribution is -0.140. The van der Waals surface area contributed by atoms with Gasteiger partial charge in [-0.1, -0.05) is 74.3 Å². The van der Waals surface area contributed by atoms with Crippen molar-refractivity contribution in [3.05, 3.63) is 126 Å². The van der Waals surface area contributed by atoms with E-state index in [0.717, 1.165) is 35.7 Å². The molecule has 3 saturated heterocycles. The summed E-state index contributed by atoms with van der Waals surface area (Å²) in [4.78, 5) is 57.3. The fourth-order valence-corrected chi connectivity index (χ4v) is 6.06. The van der Waals surface area contributed by atoms with Crippen molar-refractivity contribution >= 4 is 67.6 Å². The van der Waals surface area contributed by atoms with Crippen molar-refractivity contribution in [2.45, 2.75) is 65.3 Å². The molecule has 3 unspecified atom stereocenters. The van der Waals surface area contributed by atoms with E-state index in [1.165, 1.54) is 6.92 Å². The lowest BCUT2D eigenvalue weighted by Crippen LogP contribution is -2.33. The third kappa shape index (κ3) is 19.0. The highest BCUT2D eigenvalue weighted by atomic mass is 16.7. The molecule has 3 atom stereocenters. The molecule has 362 valence electrons. The zero-order chi connectivity index (χ0) is 49.4. The molecule has 0 radical (unpaired) electrons. The summed E-state index contributed by atoms with van der Waals surface area (Å²) in [5.74, 6) is -2.34. The van der Waals surface area contributed by atoms with Gasteiger partial charge in [0.25, 0.3) is 0 Å². The summed E-state index contributed by atoms with van der Waals surface area (Å²) in [6.07, 6.45) is 2.53. The molecular formula is C48H59B3O17. The van der Waals surface area contributed by atoms with E-state index in [2.05, 4.69) is 19.7 Å². The molecule has 0 spiro atoms. The fourth-order valence-electron chi connectivity index (χ4n) is 6.06. The standard InChI is InChI=1S/C16H19BO7.C16H19BO6.C16H21BO4/c1-11(2)15(19)21-7-8-22-16(20)12-3-5-13(6-4-12)17-23-10-14(9-18)24-17;1-11(2)15(18)20-8-9-21-16(19)13-4-6-14(7-5-13)17-22-10-12(3)23-17;1-13(2)16(18)19-11-7-6-10-15-12-20-17(21-15)14-8-4-3-5-9-14/h3-6,14,18H,1,7-10H2,2H3;4-7,12H,1,8-10H2,2-3H3;3-5,8-9,15H,1,6-7,10-12H2,2H3. The summed E-state index contributed by atoms with van der Waals surface area (Å²) < 4.78 is 58.2. The molecule has 3 aliphatic heterocycles. The Balaban J connectivity index is 0.000000223. The molecule has 0 aliphatic carbocycles. The van der Waals surface area contributed by atoms with Gasteiger partial charge in [0.2, 0.25) is 0 Å². The second kappa shape index (κ2) is 29.1. The summed E-state index contributed by atoms with van der Waals surface area (Å²) in [6.45, 7) is 18.9. The van der Waals surface area contributed by atoms with Crippen LogP contribution in [0.3, 0.4) is 0 Å². The molecule has 3 fully saturated rings. The van der Waals surface area contributed by atoms with E-state index in [-0.39, 0.29) is 70.0 Å². The summed E-state index contributed by atoms with van der Waals surface area (Å²) in [5.41, 5.74) is 4.45. The van der Waals surface area contributed by atoms with Crippen LogP contribution in [0.2, 0.25) is 0 Å². The van der Waals surface area contributed by atoms with Crippen LogP contribution in [0.4, 0.5) is 0 Å². The second-order valence-corrected chi connectivity index (χ2v) is 15.8. The summed E-state index contributed by atoms with van der Waals surface area (Å²) in [5, 5.41) is 9.01. The zero-order valence-corrected chi connectivity index (χ0v) is 39.1. The van der Waals surface area contributed by atoms with Gasteiger partial charge in [-0.15, -0.1) is 0 Å². The number of hydrogen-bond acceptors (Lipinski definition) is 17. The average molecular weight is 940 g/mol. The van der Waals surface area contributed by atoms with Gasteiger partial charge in [-0.2, -0.15) is 0 Å². The number of carbonyl (C=O) groups is 5. The third-order valence-corrected chi connectivity index (χ3v) is 9.75. The minimum Gasteiger partial charge on any atom is -0.462 e. The number of aliphatic hydroxyl groups excluding tert-OH is 1. The molecule has 20 heteroatoms. The molecule has 3 aliphatic rings. The molecule has 3 heterocycles. The Kier molecular flexibility index (Phi) is 23.4. The first kappa shape index (κ1) is 54.7. The maximum absolute atomic E-state index is 11.9. The van der Waals surface area contributed by atoms with Crippen molar-refractivity contribution in [1.29, 1.82) is 0 Å². The first-order chi connectivity index (χ1) is 32.6. The van der Waals surface area contributed by atoms with Gasteiger partial charge in [0, 0.05) is 16.7 Å². The number of esters is 5. The molecule has 17 nitrogen and oxygen atoms in total. The Hall–Kier alpha value is -5.86. The highest BCUT2D eigenvalue weighted by Gasteiger charge is 2.34. The summed E-state index contributed by atoms with van der Waals surface area (Å²) in [7, 11) is -1.19. The van der Waals surface area contributed by atoms with Crippen LogP contribution >= 0.6 is 0 Å². The summed E-state index contributed by atoms with van der Waals surface area (Å²) in [6, 6.07) is 23.3. The van der Waals surface area contributed by atoms with E-state index in [9.17, 15) is 24.0 Å². The lowest BCUT2D eigenvalue weighted by atomic mass is 9.79. The largest absolute Gasteiger partial charge is 0.494 e. The van der Waals surface area contributed by atoms with Crippen molar-refractivity contribution < 1.29 is 80.7 Å². The molecule has 3 aromatic carbocycles. The number of benzene rings is 3. The van der Waals surface area contributed by atoms with E-state index >= 15 is 0 Å². The Bertz CT molecular complexity index is 2130. The van der Waals surface area contributed by atoms with Crippen molar-refractivity contribution in [1.82, 2.24) is 0 Å². The van der Waals surface area contributed by atoms with Crippen LogP contribution in [-0.2, 0) is 66.0 Å². The van der Waals surface area contributed by atoms with Crippen LogP contribution in [0, 0.1) is 0 Å². The third-order valence-electron chi connectivity index (χ3n) is 9.75. The van der Waals surface area contributed by atoms with Crippen LogP contribution in [0.15, 0.2) is 115 Å². The van der Waals surface area contributed by atoms with E-state index in [0.29, 0.717) is 48.7 Å². The Morgan fingerprint density at radius 1 is 0.529 bits per heavy atom. The van der Waals surface area contributed by atoms with Gasteiger partial charge in [-0.25, -0.2) is 24.0 Å². The van der Waals surface area contributed by atoms with Crippen molar-refractivity contribution in [3.63, 3.8) is 0 Å². The van der Waals surface area contributed by atoms with Gasteiger partial charge >= 0.3 is 51.2 Å². The molecule has 68 heavy (non-hydrogen) atoms. The second-order valence-electron chi connectivity index (χ2n) is 15.8. The molecule has 0 bridgehead atoms. The van der Waals surface area contributed by atoms with Crippen molar-refractivity contribution in [2.24, 2.45) is 0 Å². The van der Waals surface area contributed by atoms with Crippen LogP contribution in [0.5, 0.6) is 0 Å². The Morgan fingerprint density at radius 3 is 1.35 bits per heavy atom. The number of rotatable bonds is 20. The molecule has 0 saturated carbocycles. The predicted molar refractivity (Wildman–Crippen MR) is 252 cm³/mol. The average Bonchev–Trinajstić information content (AvgIpc) is 4.14.